The number of halogens is 1. The Morgan fingerprint density at radius 2 is 1.85 bits per heavy atom. The smallest absolute Gasteiger partial charge is 0.335 e. The lowest BCUT2D eigenvalue weighted by Crippen LogP contribution is -2.47. The Morgan fingerprint density at radius 1 is 1.19 bits per heavy atom. The third kappa shape index (κ3) is 8.44. The molecule has 1 heterocycles. The van der Waals surface area contributed by atoms with Gasteiger partial charge < -0.3 is 35.2 Å². The molecule has 1 atom stereocenters. The SMILES string of the molecule is Cl.O=C(O)c1ccc(OCC(O)CNCCNC(=O)N2CCOCC2)cc1. The van der Waals surface area contributed by atoms with Crippen LogP contribution in [0.15, 0.2) is 24.3 Å². The van der Waals surface area contributed by atoms with E-state index in [9.17, 15) is 14.7 Å². The molecule has 0 radical (unpaired) electrons. The van der Waals surface area contributed by atoms with Crippen LogP contribution >= 0.6 is 12.4 Å². The highest BCUT2D eigenvalue weighted by molar-refractivity contribution is 5.87. The first kappa shape index (κ1) is 23.0. The molecular weight excluding hydrogens is 378 g/mol. The molecule has 0 saturated carbocycles. The maximum atomic E-state index is 11.8. The quantitative estimate of drug-likeness (QED) is 0.434. The second kappa shape index (κ2) is 12.3. The first-order chi connectivity index (χ1) is 12.6. The zero-order valence-electron chi connectivity index (χ0n) is 14.9. The number of benzene rings is 1. The van der Waals surface area contributed by atoms with E-state index in [2.05, 4.69) is 10.6 Å². The molecule has 4 N–H and O–H groups in total. The summed E-state index contributed by atoms with van der Waals surface area (Å²) >= 11 is 0. The Balaban J connectivity index is 0.00000364. The Kier molecular flexibility index (Phi) is 10.5. The predicted molar refractivity (Wildman–Crippen MR) is 101 cm³/mol. The molecule has 0 aliphatic carbocycles. The number of carbonyl (C=O) groups excluding carboxylic acids is 1. The van der Waals surface area contributed by atoms with E-state index >= 15 is 0 Å². The van der Waals surface area contributed by atoms with E-state index in [0.29, 0.717) is 51.7 Å². The molecule has 0 bridgehead atoms. The summed E-state index contributed by atoms with van der Waals surface area (Å²) < 4.78 is 10.6. The Morgan fingerprint density at radius 3 is 2.48 bits per heavy atom. The molecule has 1 aromatic rings. The van der Waals surface area contributed by atoms with Crippen molar-refractivity contribution in [2.45, 2.75) is 6.10 Å². The summed E-state index contributed by atoms with van der Waals surface area (Å²) in [5.41, 5.74) is 0.179. The highest BCUT2D eigenvalue weighted by Crippen LogP contribution is 2.12. The second-order valence-corrected chi connectivity index (χ2v) is 5.83. The molecule has 1 fully saturated rings. The minimum Gasteiger partial charge on any atom is -0.491 e. The van der Waals surface area contributed by atoms with Crippen LogP contribution in [0.5, 0.6) is 5.75 Å². The number of carboxylic acid groups (broad SMARTS) is 1. The van der Waals surface area contributed by atoms with Crippen LogP contribution in [0.25, 0.3) is 0 Å². The van der Waals surface area contributed by atoms with Crippen LogP contribution in [-0.2, 0) is 4.74 Å². The largest absolute Gasteiger partial charge is 0.491 e. The molecule has 27 heavy (non-hydrogen) atoms. The molecule has 0 spiro atoms. The third-order valence-electron chi connectivity index (χ3n) is 3.80. The van der Waals surface area contributed by atoms with Gasteiger partial charge in [-0.1, -0.05) is 0 Å². The maximum Gasteiger partial charge on any atom is 0.335 e. The predicted octanol–water partition coefficient (Wildman–Crippen LogP) is 0.178. The number of ether oxygens (including phenoxy) is 2. The first-order valence-corrected chi connectivity index (χ1v) is 8.51. The summed E-state index contributed by atoms with van der Waals surface area (Å²) in [6.45, 7) is 3.72. The van der Waals surface area contributed by atoms with Crippen molar-refractivity contribution < 1.29 is 29.3 Å². The van der Waals surface area contributed by atoms with Crippen molar-refractivity contribution in [3.63, 3.8) is 0 Å². The number of aliphatic hydroxyl groups excluding tert-OH is 1. The fraction of sp³-hybridized carbons (Fsp3) is 0.529. The molecule has 2 amide bonds. The van der Waals surface area contributed by atoms with Crippen molar-refractivity contribution in [3.05, 3.63) is 29.8 Å². The van der Waals surface area contributed by atoms with Crippen LogP contribution in [0.1, 0.15) is 10.4 Å². The van der Waals surface area contributed by atoms with E-state index in [-0.39, 0.29) is 30.6 Å². The zero-order chi connectivity index (χ0) is 18.8. The number of aliphatic hydroxyl groups is 1. The van der Waals surface area contributed by atoms with Crippen LogP contribution < -0.4 is 15.4 Å². The van der Waals surface area contributed by atoms with Crippen LogP contribution in [0.2, 0.25) is 0 Å². The van der Waals surface area contributed by atoms with Gasteiger partial charge in [-0.3, -0.25) is 0 Å². The number of urea groups is 1. The first-order valence-electron chi connectivity index (χ1n) is 8.51. The zero-order valence-corrected chi connectivity index (χ0v) is 15.7. The molecule has 1 unspecified atom stereocenters. The maximum absolute atomic E-state index is 11.8. The average molecular weight is 404 g/mol. The molecule has 10 heteroatoms. The topological polar surface area (TPSA) is 120 Å². The summed E-state index contributed by atoms with van der Waals surface area (Å²) in [5.74, 6) is -0.506. The van der Waals surface area contributed by atoms with E-state index in [0.717, 1.165) is 0 Å². The van der Waals surface area contributed by atoms with Gasteiger partial charge in [-0.05, 0) is 24.3 Å². The second-order valence-electron chi connectivity index (χ2n) is 5.83. The molecule has 152 valence electrons. The van der Waals surface area contributed by atoms with Gasteiger partial charge in [-0.25, -0.2) is 9.59 Å². The number of rotatable bonds is 9. The van der Waals surface area contributed by atoms with E-state index in [4.69, 9.17) is 14.6 Å². The lowest BCUT2D eigenvalue weighted by atomic mass is 10.2. The lowest BCUT2D eigenvalue weighted by Gasteiger charge is -2.27. The average Bonchev–Trinajstić information content (AvgIpc) is 2.67. The van der Waals surface area contributed by atoms with Crippen molar-refractivity contribution in [1.29, 1.82) is 0 Å². The fourth-order valence-corrected chi connectivity index (χ4v) is 2.35. The van der Waals surface area contributed by atoms with Crippen LogP contribution in [-0.4, -0.2) is 85.8 Å². The number of aromatic carboxylic acids is 1. The summed E-state index contributed by atoms with van der Waals surface area (Å²) in [4.78, 5) is 24.3. The summed E-state index contributed by atoms with van der Waals surface area (Å²) in [7, 11) is 0. The summed E-state index contributed by atoms with van der Waals surface area (Å²) in [6.07, 6.45) is -0.718. The number of carboxylic acids is 1. The monoisotopic (exact) mass is 403 g/mol. The van der Waals surface area contributed by atoms with E-state index in [1.165, 1.54) is 12.1 Å². The number of nitrogens with zero attached hydrogens (tertiary/aromatic N) is 1. The molecule has 9 nitrogen and oxygen atoms in total. The minimum atomic E-state index is -0.999. The van der Waals surface area contributed by atoms with Crippen molar-refractivity contribution >= 4 is 24.4 Å². The highest BCUT2D eigenvalue weighted by Gasteiger charge is 2.15. The van der Waals surface area contributed by atoms with Gasteiger partial charge in [0, 0.05) is 32.7 Å². The van der Waals surface area contributed by atoms with Gasteiger partial charge in [-0.15, -0.1) is 12.4 Å². The number of carbonyl (C=O) groups is 2. The van der Waals surface area contributed by atoms with Crippen molar-refractivity contribution in [1.82, 2.24) is 15.5 Å². The molecule has 1 aliphatic heterocycles. The van der Waals surface area contributed by atoms with Crippen molar-refractivity contribution in [2.75, 3.05) is 52.5 Å². The number of morpholine rings is 1. The molecule has 2 rings (SSSR count). The minimum absolute atomic E-state index is 0. The Bertz CT molecular complexity index is 581. The van der Waals surface area contributed by atoms with Gasteiger partial charge in [0.15, 0.2) is 0 Å². The number of hydrogen-bond donors (Lipinski definition) is 4. The van der Waals surface area contributed by atoms with Crippen LogP contribution in [0, 0.1) is 0 Å². The molecule has 1 aliphatic rings. The van der Waals surface area contributed by atoms with Gasteiger partial charge >= 0.3 is 12.0 Å². The third-order valence-corrected chi connectivity index (χ3v) is 3.80. The van der Waals surface area contributed by atoms with E-state index in [1.807, 2.05) is 0 Å². The van der Waals surface area contributed by atoms with Gasteiger partial charge in [0.2, 0.25) is 0 Å². The Hall–Kier alpha value is -2.07. The number of amides is 2. The van der Waals surface area contributed by atoms with Gasteiger partial charge in [0.05, 0.1) is 18.8 Å². The number of nitrogens with one attached hydrogen (secondary N) is 2. The lowest BCUT2D eigenvalue weighted by molar-refractivity contribution is 0.0532. The summed E-state index contributed by atoms with van der Waals surface area (Å²) in [5, 5.41) is 24.5. The van der Waals surface area contributed by atoms with Gasteiger partial charge in [0.1, 0.15) is 18.5 Å². The van der Waals surface area contributed by atoms with Crippen molar-refractivity contribution in [3.8, 4) is 5.75 Å². The summed E-state index contributed by atoms with van der Waals surface area (Å²) in [6, 6.07) is 5.87. The normalized spacial score (nSPS) is 14.8. The Labute approximate surface area is 164 Å². The fourth-order valence-electron chi connectivity index (χ4n) is 2.35. The van der Waals surface area contributed by atoms with Crippen LogP contribution in [0.3, 0.4) is 0 Å². The van der Waals surface area contributed by atoms with E-state index in [1.54, 1.807) is 17.0 Å². The van der Waals surface area contributed by atoms with Crippen LogP contribution in [0.4, 0.5) is 4.79 Å². The molecule has 1 saturated heterocycles. The molecular formula is C17H26ClN3O6. The van der Waals surface area contributed by atoms with E-state index < -0.39 is 12.1 Å². The molecule has 0 aromatic heterocycles. The number of hydrogen-bond acceptors (Lipinski definition) is 6. The van der Waals surface area contributed by atoms with Gasteiger partial charge in [-0.2, -0.15) is 0 Å². The highest BCUT2D eigenvalue weighted by atomic mass is 35.5. The van der Waals surface area contributed by atoms with Crippen molar-refractivity contribution in [2.24, 2.45) is 0 Å². The standard InChI is InChI=1S/C17H25N3O6.ClH/c21-14(12-26-15-3-1-13(2-4-15)16(22)23)11-18-5-6-19-17(24)20-7-9-25-10-8-20;/h1-4,14,18,21H,5-12H2,(H,19,24)(H,22,23);1H. The molecule has 1 aromatic carbocycles. The van der Waals surface area contributed by atoms with Gasteiger partial charge in [0.25, 0.3) is 0 Å².